The second-order valence-corrected chi connectivity index (χ2v) is 3.32. The minimum Gasteiger partial charge on any atom is -0.497 e. The predicted molar refractivity (Wildman–Crippen MR) is 55.0 cm³/mol. The molecule has 0 aromatic heterocycles. The first-order chi connectivity index (χ1) is 5.77. The summed E-state index contributed by atoms with van der Waals surface area (Å²) in [6.45, 7) is 2.13. The smallest absolute Gasteiger partial charge is 0.118 e. The molecular formula is C10H14OS. The van der Waals surface area contributed by atoms with Gasteiger partial charge in [-0.15, -0.1) is 0 Å². The maximum absolute atomic E-state index is 5.06. The lowest BCUT2D eigenvalue weighted by atomic mass is 10.1. The van der Waals surface area contributed by atoms with Crippen molar-refractivity contribution >= 4 is 12.6 Å². The van der Waals surface area contributed by atoms with Gasteiger partial charge in [0.15, 0.2) is 0 Å². The topological polar surface area (TPSA) is 9.23 Å². The van der Waals surface area contributed by atoms with Crippen molar-refractivity contribution in [1.29, 1.82) is 0 Å². The van der Waals surface area contributed by atoms with Crippen LogP contribution in [0.3, 0.4) is 0 Å². The summed E-state index contributed by atoms with van der Waals surface area (Å²) in [6.07, 6.45) is 1.05. The molecule has 66 valence electrons. The molecule has 0 aliphatic rings. The molecule has 1 atom stereocenters. The Hall–Kier alpha value is -0.630. The Morgan fingerprint density at radius 3 is 2.33 bits per heavy atom. The average Bonchev–Trinajstić information content (AvgIpc) is 2.17. The molecule has 0 fully saturated rings. The van der Waals surface area contributed by atoms with Gasteiger partial charge in [0.2, 0.25) is 0 Å². The quantitative estimate of drug-likeness (QED) is 0.707. The lowest BCUT2D eigenvalue weighted by molar-refractivity contribution is 0.414. The molecule has 1 rings (SSSR count). The van der Waals surface area contributed by atoms with E-state index in [1.165, 1.54) is 5.56 Å². The van der Waals surface area contributed by atoms with Gasteiger partial charge in [0.1, 0.15) is 5.75 Å². The van der Waals surface area contributed by atoms with Gasteiger partial charge in [-0.1, -0.05) is 19.1 Å². The van der Waals surface area contributed by atoms with Gasteiger partial charge in [0.25, 0.3) is 0 Å². The molecule has 0 radical (unpaired) electrons. The zero-order valence-corrected chi connectivity index (χ0v) is 8.34. The normalized spacial score (nSPS) is 12.6. The van der Waals surface area contributed by atoms with E-state index in [0.29, 0.717) is 5.25 Å². The molecular weight excluding hydrogens is 168 g/mol. The fourth-order valence-corrected chi connectivity index (χ4v) is 1.23. The van der Waals surface area contributed by atoms with E-state index in [0.717, 1.165) is 12.2 Å². The standard InChI is InChI=1S/C10H14OS/c1-3-10(12)8-4-6-9(11-2)7-5-8/h4-7,10,12H,3H2,1-2H3. The zero-order chi connectivity index (χ0) is 8.97. The summed E-state index contributed by atoms with van der Waals surface area (Å²) in [6, 6.07) is 8.04. The van der Waals surface area contributed by atoms with E-state index in [1.807, 2.05) is 12.1 Å². The predicted octanol–water partition coefficient (Wildman–Crippen LogP) is 3.08. The van der Waals surface area contributed by atoms with E-state index in [-0.39, 0.29) is 0 Å². The number of rotatable bonds is 3. The SMILES string of the molecule is CCC(S)c1ccc(OC)cc1. The number of hydrogen-bond acceptors (Lipinski definition) is 2. The summed E-state index contributed by atoms with van der Waals surface area (Å²) in [5, 5.41) is 0.343. The van der Waals surface area contributed by atoms with Gasteiger partial charge in [-0.2, -0.15) is 12.6 Å². The molecule has 0 aliphatic carbocycles. The van der Waals surface area contributed by atoms with Crippen molar-refractivity contribution in [3.05, 3.63) is 29.8 Å². The molecule has 0 heterocycles. The average molecular weight is 182 g/mol. The first-order valence-corrected chi connectivity index (χ1v) is 4.61. The van der Waals surface area contributed by atoms with Gasteiger partial charge in [-0.3, -0.25) is 0 Å². The van der Waals surface area contributed by atoms with Crippen LogP contribution in [-0.2, 0) is 0 Å². The van der Waals surface area contributed by atoms with Gasteiger partial charge in [-0.05, 0) is 24.1 Å². The molecule has 1 aromatic rings. The van der Waals surface area contributed by atoms with E-state index >= 15 is 0 Å². The molecule has 1 aromatic carbocycles. The summed E-state index contributed by atoms with van der Waals surface area (Å²) in [4.78, 5) is 0. The van der Waals surface area contributed by atoms with Gasteiger partial charge in [-0.25, -0.2) is 0 Å². The van der Waals surface area contributed by atoms with Crippen LogP contribution in [0.1, 0.15) is 24.2 Å². The molecule has 0 amide bonds. The Labute approximate surface area is 79.2 Å². The van der Waals surface area contributed by atoms with Crippen LogP contribution in [0.5, 0.6) is 5.75 Å². The van der Waals surface area contributed by atoms with Gasteiger partial charge in [0, 0.05) is 5.25 Å². The molecule has 0 saturated carbocycles. The number of methoxy groups -OCH3 is 1. The Morgan fingerprint density at radius 2 is 1.92 bits per heavy atom. The zero-order valence-electron chi connectivity index (χ0n) is 7.45. The Kier molecular flexibility index (Phi) is 3.48. The Bertz CT molecular complexity index is 230. The third kappa shape index (κ3) is 2.18. The highest BCUT2D eigenvalue weighted by molar-refractivity contribution is 7.80. The van der Waals surface area contributed by atoms with E-state index in [2.05, 4.69) is 31.7 Å². The van der Waals surface area contributed by atoms with Crippen LogP contribution < -0.4 is 4.74 Å². The van der Waals surface area contributed by atoms with Gasteiger partial charge < -0.3 is 4.74 Å². The van der Waals surface area contributed by atoms with Crippen LogP contribution in [0.4, 0.5) is 0 Å². The van der Waals surface area contributed by atoms with Crippen molar-refractivity contribution in [3.8, 4) is 5.75 Å². The van der Waals surface area contributed by atoms with Gasteiger partial charge >= 0.3 is 0 Å². The van der Waals surface area contributed by atoms with Crippen LogP contribution in [0.15, 0.2) is 24.3 Å². The minimum absolute atomic E-state index is 0.343. The fourth-order valence-electron chi connectivity index (χ4n) is 1.06. The molecule has 0 bridgehead atoms. The van der Waals surface area contributed by atoms with Crippen molar-refractivity contribution < 1.29 is 4.74 Å². The third-order valence-electron chi connectivity index (χ3n) is 1.89. The van der Waals surface area contributed by atoms with Crippen molar-refractivity contribution in [1.82, 2.24) is 0 Å². The van der Waals surface area contributed by atoms with Crippen LogP contribution in [0, 0.1) is 0 Å². The highest BCUT2D eigenvalue weighted by Crippen LogP contribution is 2.24. The summed E-state index contributed by atoms with van der Waals surface area (Å²) in [7, 11) is 1.67. The second-order valence-electron chi connectivity index (χ2n) is 2.70. The van der Waals surface area contributed by atoms with Crippen LogP contribution in [0.2, 0.25) is 0 Å². The monoisotopic (exact) mass is 182 g/mol. The van der Waals surface area contributed by atoms with E-state index in [4.69, 9.17) is 4.74 Å². The molecule has 12 heavy (non-hydrogen) atoms. The van der Waals surface area contributed by atoms with Crippen molar-refractivity contribution in [2.45, 2.75) is 18.6 Å². The summed E-state index contributed by atoms with van der Waals surface area (Å²) < 4.78 is 5.06. The molecule has 0 N–H and O–H groups in total. The molecule has 2 heteroatoms. The van der Waals surface area contributed by atoms with E-state index in [1.54, 1.807) is 7.11 Å². The number of benzene rings is 1. The third-order valence-corrected chi connectivity index (χ3v) is 2.55. The molecule has 1 unspecified atom stereocenters. The Morgan fingerprint density at radius 1 is 1.33 bits per heavy atom. The van der Waals surface area contributed by atoms with Crippen LogP contribution >= 0.6 is 12.6 Å². The van der Waals surface area contributed by atoms with Gasteiger partial charge in [0.05, 0.1) is 7.11 Å². The highest BCUT2D eigenvalue weighted by atomic mass is 32.1. The first kappa shape index (κ1) is 9.46. The molecule has 0 aliphatic heterocycles. The van der Waals surface area contributed by atoms with Crippen molar-refractivity contribution in [2.24, 2.45) is 0 Å². The summed E-state index contributed by atoms with van der Waals surface area (Å²) >= 11 is 4.44. The van der Waals surface area contributed by atoms with Crippen molar-refractivity contribution in [3.63, 3.8) is 0 Å². The highest BCUT2D eigenvalue weighted by Gasteiger charge is 2.02. The second kappa shape index (κ2) is 4.41. The molecule has 1 nitrogen and oxygen atoms in total. The lowest BCUT2D eigenvalue weighted by Crippen LogP contribution is -1.88. The van der Waals surface area contributed by atoms with Crippen LogP contribution in [0.25, 0.3) is 0 Å². The number of ether oxygens (including phenoxy) is 1. The van der Waals surface area contributed by atoms with Crippen LogP contribution in [-0.4, -0.2) is 7.11 Å². The maximum atomic E-state index is 5.06. The van der Waals surface area contributed by atoms with E-state index in [9.17, 15) is 0 Å². The first-order valence-electron chi connectivity index (χ1n) is 4.10. The van der Waals surface area contributed by atoms with E-state index < -0.39 is 0 Å². The van der Waals surface area contributed by atoms with Crippen molar-refractivity contribution in [2.75, 3.05) is 7.11 Å². The summed E-state index contributed by atoms with van der Waals surface area (Å²) in [5.74, 6) is 0.899. The summed E-state index contributed by atoms with van der Waals surface area (Å²) in [5.41, 5.74) is 1.25. The number of thiol groups is 1. The molecule has 0 spiro atoms. The lowest BCUT2D eigenvalue weighted by Gasteiger charge is -2.08. The fraction of sp³-hybridized carbons (Fsp3) is 0.400. The Balaban J connectivity index is 2.77. The largest absolute Gasteiger partial charge is 0.497 e. The maximum Gasteiger partial charge on any atom is 0.118 e. The minimum atomic E-state index is 0.343. The number of hydrogen-bond donors (Lipinski definition) is 1. The molecule has 0 saturated heterocycles.